The molecule has 0 fully saturated rings. The van der Waals surface area contributed by atoms with Crippen molar-refractivity contribution in [2.24, 2.45) is 0 Å². The first-order valence-corrected chi connectivity index (χ1v) is 8.13. The lowest BCUT2D eigenvalue weighted by molar-refractivity contribution is -0.722. The van der Waals surface area contributed by atoms with Gasteiger partial charge in [-0.05, 0) is 30.2 Å². The van der Waals surface area contributed by atoms with E-state index < -0.39 is 11.6 Å². The van der Waals surface area contributed by atoms with Crippen LogP contribution < -0.4 is 5.32 Å². The zero-order valence-corrected chi connectivity index (χ0v) is 13.3. The molecule has 0 aromatic heterocycles. The van der Waals surface area contributed by atoms with Crippen LogP contribution in [0.4, 0.5) is 8.78 Å². The van der Waals surface area contributed by atoms with Gasteiger partial charge in [0.25, 0.3) is 0 Å². The van der Waals surface area contributed by atoms with Gasteiger partial charge < -0.3 is 5.32 Å². The Kier molecular flexibility index (Phi) is 3.66. The molecule has 0 heterocycles. The molecule has 0 saturated carbocycles. The average molecular weight is 322 g/mol. The van der Waals surface area contributed by atoms with Gasteiger partial charge in [-0.1, -0.05) is 48.5 Å². The van der Waals surface area contributed by atoms with Crippen LogP contribution in [0.1, 0.15) is 35.7 Å². The summed E-state index contributed by atoms with van der Waals surface area (Å²) in [5.74, 6) is -1.03. The fourth-order valence-electron chi connectivity index (χ4n) is 3.66. The van der Waals surface area contributed by atoms with E-state index in [2.05, 4.69) is 29.6 Å². The van der Waals surface area contributed by atoms with Gasteiger partial charge in [0.05, 0.1) is 0 Å². The van der Waals surface area contributed by atoms with Crippen LogP contribution in [0.3, 0.4) is 0 Å². The molecule has 1 aliphatic rings. The smallest absolute Gasteiger partial charge is 0.139 e. The molecule has 4 rings (SSSR count). The average Bonchev–Trinajstić information content (AvgIpc) is 2.89. The van der Waals surface area contributed by atoms with Gasteiger partial charge in [0.15, 0.2) is 0 Å². The first-order chi connectivity index (χ1) is 11.6. The van der Waals surface area contributed by atoms with Gasteiger partial charge in [0, 0.05) is 22.8 Å². The number of quaternary nitrogens is 1. The predicted octanol–water partition coefficient (Wildman–Crippen LogP) is 4.36. The zero-order valence-electron chi connectivity index (χ0n) is 13.3. The van der Waals surface area contributed by atoms with Crippen molar-refractivity contribution in [2.45, 2.75) is 19.0 Å². The summed E-state index contributed by atoms with van der Waals surface area (Å²) in [6, 6.07) is 20.5. The van der Waals surface area contributed by atoms with Crippen molar-refractivity contribution in [3.63, 3.8) is 0 Å². The lowest BCUT2D eigenvalue weighted by Gasteiger charge is -2.19. The Labute approximate surface area is 140 Å². The van der Waals surface area contributed by atoms with Crippen LogP contribution in [0.25, 0.3) is 11.1 Å². The molecule has 3 aromatic rings. The minimum Gasteiger partial charge on any atom is -0.330 e. The Bertz CT molecular complexity index is 858. The van der Waals surface area contributed by atoms with Crippen molar-refractivity contribution in [1.82, 2.24) is 0 Å². The maximum atomic E-state index is 14.1. The minimum atomic E-state index is -0.542. The van der Waals surface area contributed by atoms with E-state index in [1.165, 1.54) is 28.3 Å². The van der Waals surface area contributed by atoms with Gasteiger partial charge in [-0.2, -0.15) is 0 Å². The Morgan fingerprint density at radius 1 is 0.833 bits per heavy atom. The maximum Gasteiger partial charge on any atom is 0.139 e. The molecule has 0 radical (unpaired) electrons. The molecule has 1 atom stereocenters. The highest BCUT2D eigenvalue weighted by molar-refractivity contribution is 5.77. The summed E-state index contributed by atoms with van der Waals surface area (Å²) in [6.07, 6.45) is 0. The molecule has 0 spiro atoms. The molecule has 3 heteroatoms. The van der Waals surface area contributed by atoms with Crippen LogP contribution in [0.2, 0.25) is 0 Å². The van der Waals surface area contributed by atoms with Crippen LogP contribution in [0.15, 0.2) is 66.7 Å². The molecule has 24 heavy (non-hydrogen) atoms. The highest BCUT2D eigenvalue weighted by Crippen LogP contribution is 2.41. The topological polar surface area (TPSA) is 16.6 Å². The van der Waals surface area contributed by atoms with E-state index >= 15 is 0 Å². The molecule has 1 nitrogen and oxygen atoms in total. The number of benzene rings is 3. The van der Waals surface area contributed by atoms with Crippen LogP contribution >= 0.6 is 0 Å². The second-order valence-corrected chi connectivity index (χ2v) is 6.30. The van der Waals surface area contributed by atoms with Crippen molar-refractivity contribution >= 4 is 0 Å². The molecule has 1 aliphatic carbocycles. The van der Waals surface area contributed by atoms with Gasteiger partial charge >= 0.3 is 0 Å². The van der Waals surface area contributed by atoms with Gasteiger partial charge in [0.2, 0.25) is 0 Å². The molecule has 0 amide bonds. The monoisotopic (exact) mass is 322 g/mol. The van der Waals surface area contributed by atoms with Gasteiger partial charge in [-0.15, -0.1) is 0 Å². The van der Waals surface area contributed by atoms with Crippen molar-refractivity contribution in [2.75, 3.05) is 0 Å². The van der Waals surface area contributed by atoms with Gasteiger partial charge in [0.1, 0.15) is 23.7 Å². The molecule has 0 unspecified atom stereocenters. The largest absolute Gasteiger partial charge is 0.330 e. The number of nitrogens with two attached hydrogens (primary N) is 1. The molecule has 0 aliphatic heterocycles. The second-order valence-electron chi connectivity index (χ2n) is 6.30. The fourth-order valence-corrected chi connectivity index (χ4v) is 3.66. The maximum absolute atomic E-state index is 14.1. The molecule has 0 bridgehead atoms. The van der Waals surface area contributed by atoms with E-state index in [0.717, 1.165) is 6.07 Å². The summed E-state index contributed by atoms with van der Waals surface area (Å²) in [7, 11) is 0. The Morgan fingerprint density at radius 3 is 2.00 bits per heavy atom. The highest BCUT2D eigenvalue weighted by Gasteiger charge is 2.32. The van der Waals surface area contributed by atoms with E-state index in [0.29, 0.717) is 5.56 Å². The molecule has 2 N–H and O–H groups in total. The lowest BCUT2D eigenvalue weighted by atomic mass is 10.0. The molecule has 3 aromatic carbocycles. The highest BCUT2D eigenvalue weighted by atomic mass is 19.1. The van der Waals surface area contributed by atoms with Crippen LogP contribution in [0, 0.1) is 11.6 Å². The summed E-state index contributed by atoms with van der Waals surface area (Å²) in [6.45, 7) is 1.96. The summed E-state index contributed by atoms with van der Waals surface area (Å²) in [4.78, 5) is 0. The van der Waals surface area contributed by atoms with E-state index in [1.807, 2.05) is 31.2 Å². The quantitative estimate of drug-likeness (QED) is 0.738. The third-order valence-corrected chi connectivity index (χ3v) is 4.82. The minimum absolute atomic E-state index is 0.116. The third kappa shape index (κ3) is 2.42. The fraction of sp³-hybridized carbons (Fsp3) is 0.143. The Morgan fingerprint density at radius 2 is 1.42 bits per heavy atom. The summed E-state index contributed by atoms with van der Waals surface area (Å²) < 4.78 is 27.3. The van der Waals surface area contributed by atoms with Crippen molar-refractivity contribution in [1.29, 1.82) is 0 Å². The van der Waals surface area contributed by atoms with Crippen LogP contribution in [-0.2, 0) is 0 Å². The Hall–Kier alpha value is -2.52. The second kappa shape index (κ2) is 5.84. The van der Waals surface area contributed by atoms with Gasteiger partial charge in [-0.25, -0.2) is 8.78 Å². The first-order valence-electron chi connectivity index (χ1n) is 8.13. The van der Waals surface area contributed by atoms with Crippen LogP contribution in [0.5, 0.6) is 0 Å². The SMILES string of the molecule is C[C@H]([NH2+]C1c2ccccc2-c2ccccc21)c1ccc(F)cc1F. The van der Waals surface area contributed by atoms with Crippen molar-refractivity contribution in [3.8, 4) is 11.1 Å². The number of fused-ring (bicyclic) bond motifs is 3. The molecular formula is C21H18F2N+. The number of halogens is 2. The summed E-state index contributed by atoms with van der Waals surface area (Å²) >= 11 is 0. The predicted molar refractivity (Wildman–Crippen MR) is 90.4 cm³/mol. The van der Waals surface area contributed by atoms with E-state index in [4.69, 9.17) is 0 Å². The number of hydrogen-bond acceptors (Lipinski definition) is 0. The zero-order chi connectivity index (χ0) is 16.7. The number of hydrogen-bond donors (Lipinski definition) is 1. The van der Waals surface area contributed by atoms with Gasteiger partial charge in [-0.3, -0.25) is 0 Å². The van der Waals surface area contributed by atoms with Crippen molar-refractivity contribution < 1.29 is 14.1 Å². The normalized spacial score (nSPS) is 14.3. The van der Waals surface area contributed by atoms with Crippen molar-refractivity contribution in [3.05, 3.63) is 95.1 Å². The summed E-state index contributed by atoms with van der Waals surface area (Å²) in [5.41, 5.74) is 5.49. The lowest BCUT2D eigenvalue weighted by Crippen LogP contribution is -2.85. The molecular weight excluding hydrogens is 304 g/mol. The first kappa shape index (κ1) is 15.0. The molecule has 120 valence electrons. The Balaban J connectivity index is 1.72. The summed E-state index contributed by atoms with van der Waals surface area (Å²) in [5, 5.41) is 2.15. The van der Waals surface area contributed by atoms with E-state index in [-0.39, 0.29) is 12.1 Å². The molecule has 0 saturated heterocycles. The third-order valence-electron chi connectivity index (χ3n) is 4.82. The standard InChI is InChI=1S/C21H17F2N/c1-13(15-11-10-14(22)12-20(15)23)24-21-18-8-4-2-6-16(18)17-7-3-5-9-19(17)21/h2-13,21,24H,1H3/p+1/t13-/m0/s1. The van der Waals surface area contributed by atoms with Crippen LogP contribution in [-0.4, -0.2) is 0 Å². The van der Waals surface area contributed by atoms with E-state index in [1.54, 1.807) is 6.07 Å². The number of rotatable bonds is 3. The van der Waals surface area contributed by atoms with E-state index in [9.17, 15) is 8.78 Å².